The Morgan fingerprint density at radius 1 is 1.38 bits per heavy atom. The molecule has 2 amide bonds. The molecule has 2 rings (SSSR count). The molecule has 1 aromatic heterocycles. The van der Waals surface area contributed by atoms with Gasteiger partial charge < -0.3 is 15.0 Å². The van der Waals surface area contributed by atoms with Gasteiger partial charge in [-0.1, -0.05) is 0 Å². The lowest BCUT2D eigenvalue weighted by molar-refractivity contribution is -0.142. The Morgan fingerprint density at radius 3 is 2.71 bits per heavy atom. The van der Waals surface area contributed by atoms with Gasteiger partial charge in [-0.25, -0.2) is 9.67 Å². The second kappa shape index (κ2) is 7.74. The highest BCUT2D eigenvalue weighted by molar-refractivity contribution is 5.76. The summed E-state index contributed by atoms with van der Waals surface area (Å²) < 4.78 is 7.35. The van der Waals surface area contributed by atoms with Gasteiger partial charge in [0.2, 0.25) is 11.8 Å². The van der Waals surface area contributed by atoms with Crippen molar-refractivity contribution in [2.45, 2.75) is 51.7 Å². The zero-order chi connectivity index (χ0) is 17.7. The van der Waals surface area contributed by atoms with Crippen LogP contribution in [0.15, 0.2) is 0 Å². The number of aromatic nitrogens is 3. The van der Waals surface area contributed by atoms with Crippen LogP contribution in [0.1, 0.15) is 37.3 Å². The van der Waals surface area contributed by atoms with Crippen LogP contribution in [0, 0.1) is 13.8 Å². The van der Waals surface area contributed by atoms with Gasteiger partial charge in [-0.3, -0.25) is 9.59 Å². The number of piperidine rings is 1. The van der Waals surface area contributed by atoms with Crippen molar-refractivity contribution in [2.75, 3.05) is 27.2 Å². The van der Waals surface area contributed by atoms with Crippen LogP contribution in [0.25, 0.3) is 0 Å². The maximum atomic E-state index is 12.6. The van der Waals surface area contributed by atoms with Crippen molar-refractivity contribution >= 4 is 11.8 Å². The molecule has 1 aliphatic rings. The van der Waals surface area contributed by atoms with E-state index in [2.05, 4.69) is 15.4 Å². The predicted octanol–water partition coefficient (Wildman–Crippen LogP) is 0.429. The molecule has 1 aromatic rings. The first-order valence-electron chi connectivity index (χ1n) is 8.31. The minimum atomic E-state index is -0.451. The van der Waals surface area contributed by atoms with Crippen molar-refractivity contribution in [1.29, 1.82) is 0 Å². The topological polar surface area (TPSA) is 89.4 Å². The highest BCUT2D eigenvalue weighted by atomic mass is 16.5. The van der Waals surface area contributed by atoms with E-state index < -0.39 is 5.60 Å². The van der Waals surface area contributed by atoms with E-state index in [1.807, 2.05) is 18.7 Å². The summed E-state index contributed by atoms with van der Waals surface area (Å²) in [6.45, 7) is 5.04. The molecule has 1 atom stereocenters. The molecule has 8 nitrogen and oxygen atoms in total. The van der Waals surface area contributed by atoms with E-state index in [0.29, 0.717) is 31.8 Å². The van der Waals surface area contributed by atoms with Crippen LogP contribution in [0.3, 0.4) is 0 Å². The van der Waals surface area contributed by atoms with Gasteiger partial charge in [0.15, 0.2) is 0 Å². The summed E-state index contributed by atoms with van der Waals surface area (Å²) in [5.74, 6) is 1.39. The van der Waals surface area contributed by atoms with E-state index in [4.69, 9.17) is 4.74 Å². The van der Waals surface area contributed by atoms with Gasteiger partial charge >= 0.3 is 0 Å². The Morgan fingerprint density at radius 2 is 2.12 bits per heavy atom. The molecular formula is C16H27N5O3. The summed E-state index contributed by atoms with van der Waals surface area (Å²) in [5.41, 5.74) is -0.451. The molecule has 0 aliphatic carbocycles. The maximum absolute atomic E-state index is 12.6. The summed E-state index contributed by atoms with van der Waals surface area (Å²) in [7, 11) is 3.28. The van der Waals surface area contributed by atoms with Crippen LogP contribution < -0.4 is 5.32 Å². The Labute approximate surface area is 142 Å². The largest absolute Gasteiger partial charge is 0.376 e. The van der Waals surface area contributed by atoms with Crippen LogP contribution >= 0.6 is 0 Å². The third kappa shape index (κ3) is 4.31. The summed E-state index contributed by atoms with van der Waals surface area (Å²) in [6, 6.07) is 0. The molecular weight excluding hydrogens is 310 g/mol. The number of rotatable bonds is 6. The highest BCUT2D eigenvalue weighted by Gasteiger charge is 2.37. The summed E-state index contributed by atoms with van der Waals surface area (Å²) in [5, 5.41) is 6.87. The van der Waals surface area contributed by atoms with Crippen molar-refractivity contribution in [3.63, 3.8) is 0 Å². The monoisotopic (exact) mass is 337 g/mol. The number of hydrogen-bond acceptors (Lipinski definition) is 5. The molecule has 134 valence electrons. The second-order valence-electron chi connectivity index (χ2n) is 6.34. The summed E-state index contributed by atoms with van der Waals surface area (Å²) in [4.78, 5) is 30.2. The van der Waals surface area contributed by atoms with Crippen LogP contribution in [-0.2, 0) is 20.9 Å². The Kier molecular flexibility index (Phi) is 5.93. The average molecular weight is 337 g/mol. The molecule has 0 spiro atoms. The minimum absolute atomic E-state index is 0.00377. The number of carbonyl (C=O) groups excluding carboxylic acids is 2. The highest BCUT2D eigenvalue weighted by Crippen LogP contribution is 2.29. The molecule has 0 radical (unpaired) electrons. The predicted molar refractivity (Wildman–Crippen MR) is 88.4 cm³/mol. The van der Waals surface area contributed by atoms with Gasteiger partial charge in [-0.2, -0.15) is 5.10 Å². The molecule has 0 bridgehead atoms. The number of nitrogens with zero attached hydrogens (tertiary/aromatic N) is 4. The quantitative estimate of drug-likeness (QED) is 0.813. The molecule has 24 heavy (non-hydrogen) atoms. The SMILES string of the molecule is CNC(=O)CCC1(OC)CCCN(C(=O)Cn2nc(C)nc2C)C1. The Balaban J connectivity index is 2.01. The van der Waals surface area contributed by atoms with Crippen molar-refractivity contribution in [3.05, 3.63) is 11.6 Å². The van der Waals surface area contributed by atoms with Gasteiger partial charge in [-0.05, 0) is 33.1 Å². The molecule has 8 heteroatoms. The van der Waals surface area contributed by atoms with Gasteiger partial charge in [0, 0.05) is 33.7 Å². The van der Waals surface area contributed by atoms with E-state index in [-0.39, 0.29) is 18.4 Å². The smallest absolute Gasteiger partial charge is 0.244 e. The third-order valence-electron chi connectivity index (χ3n) is 4.66. The van der Waals surface area contributed by atoms with Crippen LogP contribution in [-0.4, -0.2) is 64.3 Å². The number of methoxy groups -OCH3 is 1. The number of hydrogen-bond donors (Lipinski definition) is 1. The number of likely N-dealkylation sites (tertiary alicyclic amines) is 1. The number of aryl methyl sites for hydroxylation is 2. The van der Waals surface area contributed by atoms with Crippen LogP contribution in [0.2, 0.25) is 0 Å². The van der Waals surface area contributed by atoms with Crippen molar-refractivity contribution in [1.82, 2.24) is 25.0 Å². The minimum Gasteiger partial charge on any atom is -0.376 e. The zero-order valence-electron chi connectivity index (χ0n) is 15.0. The Hall–Kier alpha value is -1.96. The molecule has 0 aromatic carbocycles. The molecule has 0 saturated carbocycles. The first kappa shape index (κ1) is 18.4. The summed E-state index contributed by atoms with van der Waals surface area (Å²) in [6.07, 6.45) is 2.72. The maximum Gasteiger partial charge on any atom is 0.244 e. The fourth-order valence-corrected chi connectivity index (χ4v) is 3.19. The number of nitrogens with one attached hydrogen (secondary N) is 1. The lowest BCUT2D eigenvalue weighted by Gasteiger charge is -2.42. The first-order chi connectivity index (χ1) is 11.4. The standard InChI is InChI=1S/C16H27N5O3/c1-12-18-13(2)21(19-12)10-15(23)20-9-5-7-16(11-20,24-4)8-6-14(22)17-3/h5-11H2,1-4H3,(H,17,22). The van der Waals surface area contributed by atoms with Crippen molar-refractivity contribution in [3.8, 4) is 0 Å². The molecule has 1 fully saturated rings. The van der Waals surface area contributed by atoms with Crippen LogP contribution in [0.4, 0.5) is 0 Å². The molecule has 1 saturated heterocycles. The van der Waals surface area contributed by atoms with Gasteiger partial charge in [-0.15, -0.1) is 0 Å². The van der Waals surface area contributed by atoms with Crippen molar-refractivity contribution in [2.24, 2.45) is 0 Å². The molecule has 1 unspecified atom stereocenters. The fourth-order valence-electron chi connectivity index (χ4n) is 3.19. The van der Waals surface area contributed by atoms with Crippen molar-refractivity contribution < 1.29 is 14.3 Å². The van der Waals surface area contributed by atoms with E-state index in [1.54, 1.807) is 18.8 Å². The average Bonchev–Trinajstić information content (AvgIpc) is 2.90. The van der Waals surface area contributed by atoms with Gasteiger partial charge in [0.25, 0.3) is 0 Å². The lowest BCUT2D eigenvalue weighted by atomic mass is 9.87. The second-order valence-corrected chi connectivity index (χ2v) is 6.34. The molecule has 1 N–H and O–H groups in total. The fraction of sp³-hybridized carbons (Fsp3) is 0.750. The number of carbonyl (C=O) groups is 2. The first-order valence-corrected chi connectivity index (χ1v) is 8.31. The van der Waals surface area contributed by atoms with Gasteiger partial charge in [0.1, 0.15) is 18.2 Å². The summed E-state index contributed by atoms with van der Waals surface area (Å²) >= 11 is 0. The van der Waals surface area contributed by atoms with E-state index in [0.717, 1.165) is 18.7 Å². The van der Waals surface area contributed by atoms with Crippen LogP contribution in [0.5, 0.6) is 0 Å². The van der Waals surface area contributed by atoms with E-state index >= 15 is 0 Å². The third-order valence-corrected chi connectivity index (χ3v) is 4.66. The normalized spacial score (nSPS) is 20.9. The van der Waals surface area contributed by atoms with E-state index in [9.17, 15) is 9.59 Å². The number of ether oxygens (including phenoxy) is 1. The van der Waals surface area contributed by atoms with Gasteiger partial charge in [0.05, 0.1) is 5.60 Å². The number of amides is 2. The molecule has 1 aliphatic heterocycles. The molecule has 2 heterocycles. The van der Waals surface area contributed by atoms with E-state index in [1.165, 1.54) is 0 Å². The Bertz CT molecular complexity index is 601. The lowest BCUT2D eigenvalue weighted by Crippen LogP contribution is -2.52. The zero-order valence-corrected chi connectivity index (χ0v) is 15.0.